The maximum Gasteiger partial charge on any atom is 0.343 e. The molecule has 160 valence electrons. The predicted octanol–water partition coefficient (Wildman–Crippen LogP) is 4.93. The Labute approximate surface area is 181 Å². The maximum absolute atomic E-state index is 12.3. The average Bonchev–Trinajstić information content (AvgIpc) is 2.78. The Morgan fingerprint density at radius 3 is 1.87 bits per heavy atom. The first-order valence-electron chi connectivity index (χ1n) is 9.95. The quantitative estimate of drug-likeness (QED) is 0.278. The monoisotopic (exact) mass is 420 g/mol. The van der Waals surface area contributed by atoms with Crippen LogP contribution in [0.15, 0.2) is 78.9 Å². The van der Waals surface area contributed by atoms with Gasteiger partial charge in [0.2, 0.25) is 0 Å². The fourth-order valence-corrected chi connectivity index (χ4v) is 2.66. The van der Waals surface area contributed by atoms with Gasteiger partial charge in [-0.05, 0) is 74.5 Å². The second kappa shape index (κ2) is 10.8. The summed E-state index contributed by atoms with van der Waals surface area (Å²) in [6.45, 7) is 4.24. The Morgan fingerprint density at radius 2 is 1.26 bits per heavy atom. The van der Waals surface area contributed by atoms with Gasteiger partial charge in [0.15, 0.2) is 0 Å². The van der Waals surface area contributed by atoms with Crippen LogP contribution in [0.4, 0.5) is 0 Å². The molecular formula is C25H24O6. The van der Waals surface area contributed by atoms with E-state index < -0.39 is 11.9 Å². The van der Waals surface area contributed by atoms with Crippen molar-refractivity contribution in [3.8, 4) is 17.2 Å². The van der Waals surface area contributed by atoms with Crippen LogP contribution in [0.1, 0.15) is 34.6 Å². The highest BCUT2D eigenvalue weighted by Crippen LogP contribution is 2.18. The highest BCUT2D eigenvalue weighted by atomic mass is 16.6. The van der Waals surface area contributed by atoms with Gasteiger partial charge in [-0.3, -0.25) is 0 Å². The summed E-state index contributed by atoms with van der Waals surface area (Å²) in [4.78, 5) is 24.4. The van der Waals surface area contributed by atoms with Crippen molar-refractivity contribution in [2.24, 2.45) is 0 Å². The summed E-state index contributed by atoms with van der Waals surface area (Å²) in [5.74, 6) is 0.756. The van der Waals surface area contributed by atoms with Gasteiger partial charge in [0, 0.05) is 0 Å². The summed E-state index contributed by atoms with van der Waals surface area (Å²) in [6.07, 6.45) is 0.0550. The number of hydrogen-bond acceptors (Lipinski definition) is 6. The third-order valence-electron chi connectivity index (χ3n) is 4.09. The van der Waals surface area contributed by atoms with Gasteiger partial charge in [-0.15, -0.1) is 0 Å². The van der Waals surface area contributed by atoms with Gasteiger partial charge in [-0.1, -0.05) is 18.2 Å². The molecule has 0 bridgehead atoms. The zero-order valence-electron chi connectivity index (χ0n) is 17.4. The van der Waals surface area contributed by atoms with Crippen molar-refractivity contribution >= 4 is 11.9 Å². The second-order valence-corrected chi connectivity index (χ2v) is 6.90. The van der Waals surface area contributed by atoms with Gasteiger partial charge >= 0.3 is 11.9 Å². The molecule has 0 aliphatic rings. The number of benzene rings is 3. The van der Waals surface area contributed by atoms with E-state index >= 15 is 0 Å². The van der Waals surface area contributed by atoms with E-state index in [0.717, 1.165) is 0 Å². The number of ether oxygens (including phenoxy) is 4. The summed E-state index contributed by atoms with van der Waals surface area (Å²) in [5.41, 5.74) is 0.757. The number of carbonyl (C=O) groups is 2. The molecule has 0 heterocycles. The van der Waals surface area contributed by atoms with Crippen LogP contribution in [-0.4, -0.2) is 31.3 Å². The molecule has 0 aliphatic carbocycles. The largest absolute Gasteiger partial charge is 0.491 e. The molecule has 3 aromatic rings. The number of esters is 2. The molecule has 0 aliphatic heterocycles. The molecule has 0 saturated heterocycles. The maximum atomic E-state index is 12.3. The lowest BCUT2D eigenvalue weighted by atomic mass is 10.2. The average molecular weight is 420 g/mol. The van der Waals surface area contributed by atoms with E-state index in [0.29, 0.717) is 28.4 Å². The molecule has 31 heavy (non-hydrogen) atoms. The first-order valence-corrected chi connectivity index (χ1v) is 9.95. The molecule has 0 amide bonds. The van der Waals surface area contributed by atoms with Crippen molar-refractivity contribution in [2.75, 3.05) is 13.2 Å². The molecule has 6 heteroatoms. The molecule has 0 unspecified atom stereocenters. The minimum atomic E-state index is -0.496. The number of carbonyl (C=O) groups excluding carboxylic acids is 2. The lowest BCUT2D eigenvalue weighted by molar-refractivity contribution is 0.0450. The first-order chi connectivity index (χ1) is 15.0. The van der Waals surface area contributed by atoms with Gasteiger partial charge < -0.3 is 18.9 Å². The van der Waals surface area contributed by atoms with Crippen molar-refractivity contribution in [3.05, 3.63) is 90.0 Å². The van der Waals surface area contributed by atoms with Gasteiger partial charge in [-0.25, -0.2) is 9.59 Å². The SMILES string of the molecule is CC(C)Oc1ccc(C(=O)Oc2ccc(C(=O)OCCOc3ccccc3)cc2)cc1. The molecule has 0 fully saturated rings. The standard InChI is InChI=1S/C25H24O6/c1-18(2)30-22-12-10-20(11-13-22)25(27)31-23-14-8-19(9-15-23)24(26)29-17-16-28-21-6-4-3-5-7-21/h3-15,18H,16-17H2,1-2H3. The molecule has 0 aromatic heterocycles. The normalized spacial score (nSPS) is 10.4. The van der Waals surface area contributed by atoms with Crippen LogP contribution in [0.25, 0.3) is 0 Å². The fourth-order valence-electron chi connectivity index (χ4n) is 2.66. The van der Waals surface area contributed by atoms with E-state index in [1.807, 2.05) is 44.2 Å². The molecule has 3 aromatic carbocycles. The second-order valence-electron chi connectivity index (χ2n) is 6.90. The van der Waals surface area contributed by atoms with Crippen LogP contribution in [0, 0.1) is 0 Å². The van der Waals surface area contributed by atoms with Gasteiger partial charge in [0.1, 0.15) is 30.5 Å². The van der Waals surface area contributed by atoms with Crippen LogP contribution in [0.3, 0.4) is 0 Å². The number of rotatable bonds is 9. The Balaban J connectivity index is 1.46. The molecule has 0 spiro atoms. The third-order valence-corrected chi connectivity index (χ3v) is 4.09. The van der Waals surface area contributed by atoms with Crippen molar-refractivity contribution < 1.29 is 28.5 Å². The molecular weight excluding hydrogens is 396 g/mol. The topological polar surface area (TPSA) is 71.1 Å². The number of para-hydroxylation sites is 1. The Hall–Kier alpha value is -3.80. The first kappa shape index (κ1) is 21.9. The van der Waals surface area contributed by atoms with Crippen molar-refractivity contribution in [1.82, 2.24) is 0 Å². The van der Waals surface area contributed by atoms with Crippen molar-refractivity contribution in [2.45, 2.75) is 20.0 Å². The zero-order valence-corrected chi connectivity index (χ0v) is 17.4. The summed E-state index contributed by atoms with van der Waals surface area (Å²) in [5, 5.41) is 0. The van der Waals surface area contributed by atoms with E-state index in [1.165, 1.54) is 0 Å². The predicted molar refractivity (Wildman–Crippen MR) is 116 cm³/mol. The number of hydrogen-bond donors (Lipinski definition) is 0. The molecule has 6 nitrogen and oxygen atoms in total. The van der Waals surface area contributed by atoms with E-state index in [9.17, 15) is 9.59 Å². The summed E-state index contributed by atoms with van der Waals surface area (Å²) in [6, 6.07) is 22.2. The molecule has 0 saturated carbocycles. The van der Waals surface area contributed by atoms with E-state index in [4.69, 9.17) is 18.9 Å². The van der Waals surface area contributed by atoms with Crippen LogP contribution < -0.4 is 14.2 Å². The molecule has 0 N–H and O–H groups in total. The van der Waals surface area contributed by atoms with Crippen LogP contribution in [0.5, 0.6) is 17.2 Å². The molecule has 0 atom stereocenters. The van der Waals surface area contributed by atoms with Crippen molar-refractivity contribution in [3.63, 3.8) is 0 Å². The highest BCUT2D eigenvalue weighted by Gasteiger charge is 2.11. The van der Waals surface area contributed by atoms with E-state index in [1.54, 1.807) is 48.5 Å². The lowest BCUT2D eigenvalue weighted by Gasteiger charge is -2.10. The van der Waals surface area contributed by atoms with Crippen molar-refractivity contribution in [1.29, 1.82) is 0 Å². The Bertz CT molecular complexity index is 979. The fraction of sp³-hybridized carbons (Fsp3) is 0.200. The summed E-state index contributed by atoms with van der Waals surface area (Å²) >= 11 is 0. The van der Waals surface area contributed by atoms with E-state index in [-0.39, 0.29) is 19.3 Å². The lowest BCUT2D eigenvalue weighted by Crippen LogP contribution is -2.12. The Morgan fingerprint density at radius 1 is 0.677 bits per heavy atom. The highest BCUT2D eigenvalue weighted by molar-refractivity contribution is 5.92. The minimum Gasteiger partial charge on any atom is -0.491 e. The van der Waals surface area contributed by atoms with Crippen LogP contribution in [0.2, 0.25) is 0 Å². The van der Waals surface area contributed by atoms with Gasteiger partial charge in [-0.2, -0.15) is 0 Å². The molecule has 3 rings (SSSR count). The molecule has 0 radical (unpaired) electrons. The van der Waals surface area contributed by atoms with Crippen LogP contribution in [-0.2, 0) is 4.74 Å². The van der Waals surface area contributed by atoms with Crippen LogP contribution >= 0.6 is 0 Å². The summed E-state index contributed by atoms with van der Waals surface area (Å²) in [7, 11) is 0. The van der Waals surface area contributed by atoms with Gasteiger partial charge in [0.25, 0.3) is 0 Å². The summed E-state index contributed by atoms with van der Waals surface area (Å²) < 4.78 is 21.6. The smallest absolute Gasteiger partial charge is 0.343 e. The minimum absolute atomic E-state index is 0.0550. The zero-order chi connectivity index (χ0) is 22.1. The Kier molecular flexibility index (Phi) is 7.65. The van der Waals surface area contributed by atoms with E-state index in [2.05, 4.69) is 0 Å². The van der Waals surface area contributed by atoms with Gasteiger partial charge in [0.05, 0.1) is 17.2 Å². The third kappa shape index (κ3) is 6.89.